The molecule has 1 rings (SSSR count). The Morgan fingerprint density at radius 2 is 2.06 bits per heavy atom. The van der Waals surface area contributed by atoms with Crippen molar-refractivity contribution >= 4 is 28.9 Å². The molecule has 0 atom stereocenters. The van der Waals surface area contributed by atoms with Gasteiger partial charge in [0.1, 0.15) is 5.82 Å². The quantitative estimate of drug-likeness (QED) is 0.515. The number of carbonyl (C=O) groups excluding carboxylic acids is 1. The lowest BCUT2D eigenvalue weighted by atomic mass is 10.2. The van der Waals surface area contributed by atoms with Gasteiger partial charge in [0.2, 0.25) is 5.91 Å². The van der Waals surface area contributed by atoms with Crippen LogP contribution in [-0.4, -0.2) is 11.0 Å². The molecule has 0 aliphatic carbocycles. The molecule has 0 bridgehead atoms. The summed E-state index contributed by atoms with van der Waals surface area (Å²) in [5.74, 6) is -0.577. The second-order valence-corrected chi connectivity index (χ2v) is 3.63. The maximum absolute atomic E-state index is 13.2. The van der Waals surface area contributed by atoms with E-state index in [0.717, 1.165) is 0 Å². The maximum Gasteiger partial charge on any atom is 0.235 e. The van der Waals surface area contributed by atoms with Crippen LogP contribution in [0.1, 0.15) is 12.5 Å². The smallest absolute Gasteiger partial charge is 0.235 e. The first-order chi connectivity index (χ1) is 7.49. The number of nitrogens with one attached hydrogen (secondary N) is 3. The molecule has 6 heteroatoms. The first kappa shape index (κ1) is 12.4. The third-order valence-electron chi connectivity index (χ3n) is 1.78. The lowest BCUT2D eigenvalue weighted by molar-refractivity contribution is -0.119. The fourth-order valence-corrected chi connectivity index (χ4v) is 1.15. The van der Waals surface area contributed by atoms with Gasteiger partial charge >= 0.3 is 0 Å². The van der Waals surface area contributed by atoms with E-state index in [0.29, 0.717) is 11.3 Å². The highest BCUT2D eigenvalue weighted by atomic mass is 32.1. The molecular formula is C10H12FN3OS. The van der Waals surface area contributed by atoms with Gasteiger partial charge in [-0.1, -0.05) is 6.07 Å². The van der Waals surface area contributed by atoms with Gasteiger partial charge in [0.15, 0.2) is 5.11 Å². The van der Waals surface area contributed by atoms with Crippen LogP contribution in [0, 0.1) is 12.7 Å². The third kappa shape index (κ3) is 3.82. The van der Waals surface area contributed by atoms with E-state index in [2.05, 4.69) is 16.2 Å². The molecule has 86 valence electrons. The average Bonchev–Trinajstić information content (AvgIpc) is 2.21. The zero-order chi connectivity index (χ0) is 12.1. The normalized spacial score (nSPS) is 9.44. The molecule has 1 aromatic carbocycles. The minimum atomic E-state index is -0.313. The molecule has 3 N–H and O–H groups in total. The summed E-state index contributed by atoms with van der Waals surface area (Å²) in [4.78, 5) is 10.6. The van der Waals surface area contributed by atoms with Crippen molar-refractivity contribution in [3.63, 3.8) is 0 Å². The van der Waals surface area contributed by atoms with Crippen molar-refractivity contribution in [1.29, 1.82) is 0 Å². The highest BCUT2D eigenvalue weighted by molar-refractivity contribution is 7.80. The lowest BCUT2D eigenvalue weighted by Gasteiger charge is -2.10. The number of hydrogen-bond donors (Lipinski definition) is 3. The maximum atomic E-state index is 13.2. The number of hydrazine groups is 1. The van der Waals surface area contributed by atoms with Crippen LogP contribution in [-0.2, 0) is 4.79 Å². The third-order valence-corrected chi connectivity index (χ3v) is 1.99. The highest BCUT2D eigenvalue weighted by Gasteiger charge is 2.01. The molecule has 0 saturated carbocycles. The largest absolute Gasteiger partial charge is 0.331 e. The Kier molecular flexibility index (Phi) is 4.19. The fraction of sp³-hybridized carbons (Fsp3) is 0.200. The van der Waals surface area contributed by atoms with Crippen LogP contribution in [0.15, 0.2) is 18.2 Å². The van der Waals surface area contributed by atoms with Crippen molar-refractivity contribution in [2.45, 2.75) is 13.8 Å². The van der Waals surface area contributed by atoms with Crippen LogP contribution in [0.4, 0.5) is 10.1 Å². The van der Waals surface area contributed by atoms with E-state index in [1.165, 1.54) is 13.0 Å². The molecular weight excluding hydrogens is 229 g/mol. The summed E-state index contributed by atoms with van der Waals surface area (Å²) in [5.41, 5.74) is 5.85. The molecule has 0 heterocycles. The minimum Gasteiger partial charge on any atom is -0.331 e. The molecule has 0 radical (unpaired) electrons. The van der Waals surface area contributed by atoms with Crippen LogP contribution >= 0.6 is 12.2 Å². The van der Waals surface area contributed by atoms with E-state index in [1.807, 2.05) is 0 Å². The summed E-state index contributed by atoms with van der Waals surface area (Å²) in [6.07, 6.45) is 0. The van der Waals surface area contributed by atoms with Gasteiger partial charge in [0.25, 0.3) is 0 Å². The summed E-state index contributed by atoms with van der Waals surface area (Å²) >= 11 is 4.87. The van der Waals surface area contributed by atoms with Gasteiger partial charge in [-0.05, 0) is 36.8 Å². The van der Waals surface area contributed by atoms with E-state index < -0.39 is 0 Å². The Morgan fingerprint density at radius 1 is 1.38 bits per heavy atom. The van der Waals surface area contributed by atoms with Gasteiger partial charge < -0.3 is 5.32 Å². The highest BCUT2D eigenvalue weighted by Crippen LogP contribution is 2.13. The number of aryl methyl sites for hydroxylation is 1. The molecule has 0 fully saturated rings. The molecule has 0 unspecified atom stereocenters. The SMILES string of the molecule is CC(=O)NNC(=S)Nc1ccc(C)c(F)c1. The number of amides is 1. The Labute approximate surface area is 98.2 Å². The van der Waals surface area contributed by atoms with Gasteiger partial charge in [-0.15, -0.1) is 0 Å². The number of hydrogen-bond acceptors (Lipinski definition) is 2. The van der Waals surface area contributed by atoms with Crippen LogP contribution in [0.2, 0.25) is 0 Å². The summed E-state index contributed by atoms with van der Waals surface area (Å²) in [6.45, 7) is 3.02. The number of rotatable bonds is 1. The molecule has 0 aromatic heterocycles. The van der Waals surface area contributed by atoms with E-state index in [1.54, 1.807) is 19.1 Å². The van der Waals surface area contributed by atoms with Crippen molar-refractivity contribution < 1.29 is 9.18 Å². The molecule has 1 aromatic rings. The van der Waals surface area contributed by atoms with Gasteiger partial charge in [-0.3, -0.25) is 15.6 Å². The molecule has 4 nitrogen and oxygen atoms in total. The van der Waals surface area contributed by atoms with E-state index >= 15 is 0 Å². The topological polar surface area (TPSA) is 53.2 Å². The van der Waals surface area contributed by atoms with Gasteiger partial charge in [-0.2, -0.15) is 0 Å². The van der Waals surface area contributed by atoms with Crippen molar-refractivity contribution in [2.75, 3.05) is 5.32 Å². The Hall–Kier alpha value is -1.69. The molecule has 0 aliphatic heterocycles. The van der Waals surface area contributed by atoms with Gasteiger partial charge in [0, 0.05) is 12.6 Å². The Balaban J connectivity index is 2.56. The zero-order valence-corrected chi connectivity index (χ0v) is 9.74. The number of anilines is 1. The standard InChI is InChI=1S/C10H12FN3OS/c1-6-3-4-8(5-9(6)11)12-10(16)14-13-7(2)15/h3-5H,1-2H3,(H,13,15)(H2,12,14,16). The summed E-state index contributed by atoms with van der Waals surface area (Å²) in [7, 11) is 0. The number of benzene rings is 1. The summed E-state index contributed by atoms with van der Waals surface area (Å²) in [5, 5.41) is 2.92. The number of thiocarbonyl (C=S) groups is 1. The van der Waals surface area contributed by atoms with Crippen molar-refractivity contribution in [3.05, 3.63) is 29.6 Å². The van der Waals surface area contributed by atoms with E-state index in [4.69, 9.17) is 12.2 Å². The van der Waals surface area contributed by atoms with Gasteiger partial charge in [-0.25, -0.2) is 4.39 Å². The van der Waals surface area contributed by atoms with Gasteiger partial charge in [0.05, 0.1) is 0 Å². The molecule has 0 spiro atoms. The van der Waals surface area contributed by atoms with Crippen LogP contribution in [0.3, 0.4) is 0 Å². The Morgan fingerprint density at radius 3 is 2.62 bits per heavy atom. The zero-order valence-electron chi connectivity index (χ0n) is 8.93. The monoisotopic (exact) mass is 241 g/mol. The van der Waals surface area contributed by atoms with Crippen molar-refractivity contribution in [1.82, 2.24) is 10.9 Å². The second kappa shape index (κ2) is 5.41. The van der Waals surface area contributed by atoms with Crippen molar-refractivity contribution in [3.8, 4) is 0 Å². The summed E-state index contributed by atoms with van der Waals surface area (Å²) in [6, 6.07) is 4.66. The number of halogens is 1. The van der Waals surface area contributed by atoms with Crippen molar-refractivity contribution in [2.24, 2.45) is 0 Å². The predicted octanol–water partition coefficient (Wildman–Crippen LogP) is 1.47. The second-order valence-electron chi connectivity index (χ2n) is 3.22. The molecule has 16 heavy (non-hydrogen) atoms. The van der Waals surface area contributed by atoms with Crippen LogP contribution < -0.4 is 16.2 Å². The minimum absolute atomic E-state index is 0.193. The van der Waals surface area contributed by atoms with Crippen LogP contribution in [0.25, 0.3) is 0 Å². The first-order valence-electron chi connectivity index (χ1n) is 4.59. The molecule has 1 amide bonds. The summed E-state index contributed by atoms with van der Waals surface area (Å²) < 4.78 is 13.2. The van der Waals surface area contributed by atoms with E-state index in [9.17, 15) is 9.18 Å². The Bertz CT molecular complexity index is 423. The van der Waals surface area contributed by atoms with E-state index in [-0.39, 0.29) is 16.8 Å². The first-order valence-corrected chi connectivity index (χ1v) is 4.99. The molecule has 0 saturated heterocycles. The van der Waals surface area contributed by atoms with Crippen LogP contribution in [0.5, 0.6) is 0 Å². The average molecular weight is 241 g/mol. The lowest BCUT2D eigenvalue weighted by Crippen LogP contribution is -2.42. The number of carbonyl (C=O) groups is 1. The predicted molar refractivity (Wildman–Crippen MR) is 64.3 cm³/mol. The fourth-order valence-electron chi connectivity index (χ4n) is 0.978. The molecule has 0 aliphatic rings.